The van der Waals surface area contributed by atoms with Crippen LogP contribution in [-0.4, -0.2) is 36.7 Å². The van der Waals surface area contributed by atoms with E-state index < -0.39 is 0 Å². The number of hydrogen-bond acceptors (Lipinski definition) is 2. The van der Waals surface area contributed by atoms with Crippen molar-refractivity contribution in [3.63, 3.8) is 0 Å². The summed E-state index contributed by atoms with van der Waals surface area (Å²) in [7, 11) is 3.26. The molecular formula is C11H12Cl2N2O2. The minimum atomic E-state index is -0.336. The van der Waals surface area contributed by atoms with Gasteiger partial charge in [-0.1, -0.05) is 11.6 Å². The van der Waals surface area contributed by atoms with Gasteiger partial charge < -0.3 is 10.2 Å². The molecule has 0 spiro atoms. The first kappa shape index (κ1) is 13.8. The van der Waals surface area contributed by atoms with Crippen molar-refractivity contribution >= 4 is 40.7 Å². The molecule has 0 unspecified atom stereocenters. The van der Waals surface area contributed by atoms with Crippen LogP contribution in [0.5, 0.6) is 0 Å². The second-order valence-corrected chi connectivity index (χ2v) is 4.25. The third-order valence-electron chi connectivity index (χ3n) is 2.01. The largest absolute Gasteiger partial charge is 0.345 e. The summed E-state index contributed by atoms with van der Waals surface area (Å²) in [6, 6.07) is 4.69. The van der Waals surface area contributed by atoms with Crippen molar-refractivity contribution in [3.05, 3.63) is 28.8 Å². The molecule has 0 radical (unpaired) electrons. The van der Waals surface area contributed by atoms with E-state index >= 15 is 0 Å². The third-order valence-corrected chi connectivity index (χ3v) is 2.58. The lowest BCUT2D eigenvalue weighted by Crippen LogP contribution is -2.22. The fourth-order valence-corrected chi connectivity index (χ4v) is 1.47. The molecule has 0 aromatic heterocycles. The number of amides is 2. The van der Waals surface area contributed by atoms with Crippen molar-refractivity contribution in [2.45, 2.75) is 0 Å². The number of anilines is 1. The molecule has 0 atom stereocenters. The fourth-order valence-electron chi connectivity index (χ4n) is 1.20. The lowest BCUT2D eigenvalue weighted by Gasteiger charge is -2.13. The van der Waals surface area contributed by atoms with Crippen LogP contribution in [0.1, 0.15) is 10.4 Å². The number of nitrogens with one attached hydrogen (secondary N) is 1. The van der Waals surface area contributed by atoms with Gasteiger partial charge in [0.15, 0.2) is 0 Å². The maximum absolute atomic E-state index is 11.8. The number of carbonyl (C=O) groups is 2. The number of carbonyl (C=O) groups excluding carboxylic acids is 2. The van der Waals surface area contributed by atoms with E-state index in [0.717, 1.165) is 0 Å². The van der Waals surface area contributed by atoms with Crippen LogP contribution in [0.4, 0.5) is 5.69 Å². The molecule has 0 aliphatic heterocycles. The number of rotatable bonds is 3. The van der Waals surface area contributed by atoms with Crippen molar-refractivity contribution in [1.29, 1.82) is 0 Å². The highest BCUT2D eigenvalue weighted by molar-refractivity contribution is 6.34. The van der Waals surface area contributed by atoms with Gasteiger partial charge >= 0.3 is 0 Å². The highest BCUT2D eigenvalue weighted by Gasteiger charge is 2.13. The Morgan fingerprint density at radius 1 is 1.35 bits per heavy atom. The fraction of sp³-hybridized carbons (Fsp3) is 0.273. The van der Waals surface area contributed by atoms with Crippen LogP contribution in [0, 0.1) is 0 Å². The second kappa shape index (κ2) is 5.89. The molecule has 1 N–H and O–H groups in total. The Bertz CT molecular complexity index is 447. The maximum Gasteiger partial charge on any atom is 0.254 e. The SMILES string of the molecule is CN(C)C(=O)c1cc(NC(=O)CCl)ccc1Cl. The first-order valence-electron chi connectivity index (χ1n) is 4.82. The van der Waals surface area contributed by atoms with Crippen molar-refractivity contribution in [2.75, 3.05) is 25.3 Å². The van der Waals surface area contributed by atoms with E-state index in [-0.39, 0.29) is 17.7 Å². The first-order chi connectivity index (χ1) is 7.95. The van der Waals surface area contributed by atoms with E-state index in [1.54, 1.807) is 26.2 Å². The molecule has 17 heavy (non-hydrogen) atoms. The number of alkyl halides is 1. The summed E-state index contributed by atoms with van der Waals surface area (Å²) >= 11 is 11.3. The Hall–Kier alpha value is -1.26. The summed E-state index contributed by atoms with van der Waals surface area (Å²) in [5.41, 5.74) is 0.828. The van der Waals surface area contributed by atoms with E-state index in [2.05, 4.69) is 5.32 Å². The third kappa shape index (κ3) is 3.61. The lowest BCUT2D eigenvalue weighted by atomic mass is 10.1. The van der Waals surface area contributed by atoms with Gasteiger partial charge in [-0.15, -0.1) is 11.6 Å². The highest BCUT2D eigenvalue weighted by atomic mass is 35.5. The molecule has 0 bridgehead atoms. The minimum absolute atomic E-state index is 0.139. The molecule has 0 saturated heterocycles. The molecule has 1 aromatic carbocycles. The van der Waals surface area contributed by atoms with Crippen LogP contribution in [0.25, 0.3) is 0 Å². The van der Waals surface area contributed by atoms with Crippen LogP contribution in [-0.2, 0) is 4.79 Å². The molecule has 0 fully saturated rings. The summed E-state index contributed by atoms with van der Waals surface area (Å²) in [6.45, 7) is 0. The van der Waals surface area contributed by atoms with Crippen LogP contribution in [0.3, 0.4) is 0 Å². The second-order valence-electron chi connectivity index (χ2n) is 3.58. The molecule has 0 aliphatic carbocycles. The van der Waals surface area contributed by atoms with Gasteiger partial charge in [0.1, 0.15) is 5.88 Å². The predicted octanol–water partition coefficient (Wildman–Crippen LogP) is 2.22. The first-order valence-corrected chi connectivity index (χ1v) is 5.74. The predicted molar refractivity (Wildman–Crippen MR) is 68.8 cm³/mol. The molecule has 1 rings (SSSR count). The van der Waals surface area contributed by atoms with Gasteiger partial charge in [-0.3, -0.25) is 9.59 Å². The molecule has 2 amide bonds. The number of halogens is 2. The van der Waals surface area contributed by atoms with E-state index in [0.29, 0.717) is 16.3 Å². The molecular weight excluding hydrogens is 263 g/mol. The smallest absolute Gasteiger partial charge is 0.254 e. The van der Waals surface area contributed by atoms with Gasteiger partial charge in [0.25, 0.3) is 5.91 Å². The van der Waals surface area contributed by atoms with E-state index in [9.17, 15) is 9.59 Å². The molecule has 0 heterocycles. The summed E-state index contributed by atoms with van der Waals surface area (Å²) < 4.78 is 0. The summed E-state index contributed by atoms with van der Waals surface area (Å²) in [6.07, 6.45) is 0. The number of nitrogens with zero attached hydrogens (tertiary/aromatic N) is 1. The van der Waals surface area contributed by atoms with Crippen molar-refractivity contribution < 1.29 is 9.59 Å². The zero-order valence-corrected chi connectivity index (χ0v) is 11.0. The molecule has 92 valence electrons. The minimum Gasteiger partial charge on any atom is -0.345 e. The molecule has 6 heteroatoms. The molecule has 1 aromatic rings. The normalized spacial score (nSPS) is 9.88. The van der Waals surface area contributed by atoms with Crippen LogP contribution in [0.2, 0.25) is 5.02 Å². The van der Waals surface area contributed by atoms with Gasteiger partial charge in [0, 0.05) is 19.8 Å². The molecule has 4 nitrogen and oxygen atoms in total. The Morgan fingerprint density at radius 2 is 2.00 bits per heavy atom. The quantitative estimate of drug-likeness (QED) is 0.860. The van der Waals surface area contributed by atoms with Gasteiger partial charge in [0.2, 0.25) is 5.91 Å². The van der Waals surface area contributed by atoms with Gasteiger partial charge in [-0.05, 0) is 18.2 Å². The zero-order valence-electron chi connectivity index (χ0n) is 9.46. The Morgan fingerprint density at radius 3 is 2.53 bits per heavy atom. The van der Waals surface area contributed by atoms with Crippen molar-refractivity contribution in [3.8, 4) is 0 Å². The summed E-state index contributed by atoms with van der Waals surface area (Å²) in [5.74, 6) is -0.700. The van der Waals surface area contributed by atoms with Crippen LogP contribution in [0.15, 0.2) is 18.2 Å². The van der Waals surface area contributed by atoms with E-state index in [1.165, 1.54) is 11.0 Å². The topological polar surface area (TPSA) is 49.4 Å². The molecule has 0 aliphatic rings. The Balaban J connectivity index is 3.02. The van der Waals surface area contributed by atoms with Crippen molar-refractivity contribution in [2.24, 2.45) is 0 Å². The monoisotopic (exact) mass is 274 g/mol. The molecule has 0 saturated carbocycles. The standard InChI is InChI=1S/C11H12Cl2N2O2/c1-15(2)11(17)8-5-7(3-4-9(8)13)14-10(16)6-12/h3-5H,6H2,1-2H3,(H,14,16). The highest BCUT2D eigenvalue weighted by Crippen LogP contribution is 2.21. The van der Waals surface area contributed by atoms with Crippen LogP contribution < -0.4 is 5.32 Å². The average molecular weight is 275 g/mol. The number of hydrogen-bond donors (Lipinski definition) is 1. The van der Waals surface area contributed by atoms with Crippen LogP contribution >= 0.6 is 23.2 Å². The lowest BCUT2D eigenvalue weighted by molar-refractivity contribution is -0.113. The zero-order chi connectivity index (χ0) is 13.0. The van der Waals surface area contributed by atoms with Gasteiger partial charge in [-0.25, -0.2) is 0 Å². The van der Waals surface area contributed by atoms with Crippen molar-refractivity contribution in [1.82, 2.24) is 4.90 Å². The van der Waals surface area contributed by atoms with Gasteiger partial charge in [-0.2, -0.15) is 0 Å². The summed E-state index contributed by atoms with van der Waals surface area (Å²) in [4.78, 5) is 24.3. The maximum atomic E-state index is 11.8. The Labute approximate surface area is 109 Å². The van der Waals surface area contributed by atoms with E-state index in [4.69, 9.17) is 23.2 Å². The van der Waals surface area contributed by atoms with E-state index in [1.807, 2.05) is 0 Å². The average Bonchev–Trinajstić information content (AvgIpc) is 2.30. The summed E-state index contributed by atoms with van der Waals surface area (Å²) in [5, 5.41) is 2.89. The Kier molecular flexibility index (Phi) is 4.78. The van der Waals surface area contributed by atoms with Gasteiger partial charge in [0.05, 0.1) is 10.6 Å². The number of benzene rings is 1.